The van der Waals surface area contributed by atoms with E-state index in [0.717, 1.165) is 7.11 Å². The molecular formula is C14H17ClN2O6. The maximum absolute atomic E-state index is 12.2. The second-order valence-electron chi connectivity index (χ2n) is 4.15. The van der Waals surface area contributed by atoms with Crippen molar-refractivity contribution in [2.45, 2.75) is 13.0 Å². The number of esters is 1. The molecular weight excluding hydrogens is 328 g/mol. The SMILES string of the molecule is CCOC(=O)C(c1ccc(OC)cc1)N(NC(=O)OC)C(=O)Cl. The van der Waals surface area contributed by atoms with Gasteiger partial charge in [0, 0.05) is 0 Å². The lowest BCUT2D eigenvalue weighted by Crippen LogP contribution is -2.48. The van der Waals surface area contributed by atoms with Gasteiger partial charge in [-0.1, -0.05) is 12.1 Å². The topological polar surface area (TPSA) is 94.2 Å². The Kier molecular flexibility index (Phi) is 7.14. The zero-order chi connectivity index (χ0) is 17.4. The fourth-order valence-corrected chi connectivity index (χ4v) is 1.89. The van der Waals surface area contributed by atoms with E-state index in [-0.39, 0.29) is 6.61 Å². The number of hydrazine groups is 1. The minimum absolute atomic E-state index is 0.0913. The van der Waals surface area contributed by atoms with E-state index in [1.54, 1.807) is 31.2 Å². The standard InChI is InChI=1S/C14H17ClN2O6/c1-4-23-12(18)11(9-5-7-10(21-2)8-6-9)17(13(15)19)16-14(20)22-3/h5-8,11H,4H2,1-3H3,(H,16,20). The highest BCUT2D eigenvalue weighted by atomic mass is 35.5. The highest BCUT2D eigenvalue weighted by molar-refractivity contribution is 6.62. The average Bonchev–Trinajstić information content (AvgIpc) is 2.54. The van der Waals surface area contributed by atoms with Gasteiger partial charge >= 0.3 is 17.4 Å². The number of carbonyl (C=O) groups is 3. The number of carbonyl (C=O) groups excluding carboxylic acids is 3. The number of halogens is 1. The maximum atomic E-state index is 12.2. The van der Waals surface area contributed by atoms with Crippen molar-refractivity contribution in [3.8, 4) is 5.75 Å². The first-order chi connectivity index (χ1) is 10.9. The minimum atomic E-state index is -1.27. The molecule has 126 valence electrons. The van der Waals surface area contributed by atoms with Gasteiger partial charge in [-0.15, -0.1) is 0 Å². The number of ether oxygens (including phenoxy) is 3. The average molecular weight is 345 g/mol. The first kappa shape index (κ1) is 18.6. The van der Waals surface area contributed by atoms with Gasteiger partial charge < -0.3 is 14.2 Å². The Morgan fingerprint density at radius 3 is 2.26 bits per heavy atom. The normalized spacial score (nSPS) is 11.1. The van der Waals surface area contributed by atoms with Crippen LogP contribution in [0.4, 0.5) is 9.59 Å². The molecule has 0 aliphatic carbocycles. The molecule has 1 rings (SSSR count). The molecule has 0 fully saturated rings. The molecule has 0 radical (unpaired) electrons. The van der Waals surface area contributed by atoms with Gasteiger partial charge in [-0.2, -0.15) is 0 Å². The van der Waals surface area contributed by atoms with Crippen LogP contribution in [0.3, 0.4) is 0 Å². The molecule has 1 aromatic carbocycles. The van der Waals surface area contributed by atoms with Crippen molar-refractivity contribution < 1.29 is 28.6 Å². The highest BCUT2D eigenvalue weighted by Gasteiger charge is 2.33. The van der Waals surface area contributed by atoms with E-state index < -0.39 is 23.5 Å². The Hall–Kier alpha value is -2.48. The van der Waals surface area contributed by atoms with Crippen molar-refractivity contribution in [3.63, 3.8) is 0 Å². The van der Waals surface area contributed by atoms with Crippen molar-refractivity contribution in [2.75, 3.05) is 20.8 Å². The summed E-state index contributed by atoms with van der Waals surface area (Å²) >= 11 is 5.48. The molecule has 8 nitrogen and oxygen atoms in total. The number of amides is 2. The second-order valence-corrected chi connectivity index (χ2v) is 4.48. The van der Waals surface area contributed by atoms with Crippen LogP contribution in [0.5, 0.6) is 5.75 Å². The van der Waals surface area contributed by atoms with Gasteiger partial charge in [-0.25, -0.2) is 20.0 Å². The van der Waals surface area contributed by atoms with Crippen LogP contribution in [0, 0.1) is 0 Å². The van der Waals surface area contributed by atoms with Crippen molar-refractivity contribution in [3.05, 3.63) is 29.8 Å². The summed E-state index contributed by atoms with van der Waals surface area (Å²) in [6, 6.07) is 5.01. The van der Waals surface area contributed by atoms with Crippen LogP contribution in [-0.2, 0) is 14.3 Å². The van der Waals surface area contributed by atoms with Crippen molar-refractivity contribution in [1.82, 2.24) is 10.4 Å². The van der Waals surface area contributed by atoms with Gasteiger partial charge in [0.05, 0.1) is 20.8 Å². The summed E-state index contributed by atoms with van der Waals surface area (Å²) in [6.07, 6.45) is -0.957. The summed E-state index contributed by atoms with van der Waals surface area (Å²) in [5.74, 6) is -0.205. The summed E-state index contributed by atoms with van der Waals surface area (Å²) in [4.78, 5) is 35.2. The third-order valence-corrected chi connectivity index (χ3v) is 2.97. The van der Waals surface area contributed by atoms with E-state index in [9.17, 15) is 14.4 Å². The minimum Gasteiger partial charge on any atom is -0.497 e. The predicted molar refractivity (Wildman–Crippen MR) is 81.0 cm³/mol. The molecule has 0 heterocycles. The molecule has 1 atom stereocenters. The Balaban J connectivity index is 3.21. The van der Waals surface area contributed by atoms with E-state index in [1.807, 2.05) is 0 Å². The van der Waals surface area contributed by atoms with Gasteiger partial charge in [0.15, 0.2) is 6.04 Å². The van der Waals surface area contributed by atoms with Gasteiger partial charge in [-0.3, -0.25) is 4.79 Å². The first-order valence-electron chi connectivity index (χ1n) is 6.58. The monoisotopic (exact) mass is 344 g/mol. The quantitative estimate of drug-likeness (QED) is 0.381. The van der Waals surface area contributed by atoms with Gasteiger partial charge in [0.2, 0.25) is 0 Å². The van der Waals surface area contributed by atoms with Crippen LogP contribution in [-0.4, -0.2) is 43.3 Å². The fourth-order valence-electron chi connectivity index (χ4n) is 1.75. The Morgan fingerprint density at radius 2 is 1.83 bits per heavy atom. The van der Waals surface area contributed by atoms with E-state index in [1.165, 1.54) is 7.11 Å². The van der Waals surface area contributed by atoms with E-state index >= 15 is 0 Å². The molecule has 0 aromatic heterocycles. The number of methoxy groups -OCH3 is 2. The van der Waals surface area contributed by atoms with Crippen LogP contribution in [0.1, 0.15) is 18.5 Å². The van der Waals surface area contributed by atoms with Crippen LogP contribution in [0.25, 0.3) is 0 Å². The summed E-state index contributed by atoms with van der Waals surface area (Å²) in [6.45, 7) is 1.71. The lowest BCUT2D eigenvalue weighted by molar-refractivity contribution is -0.149. The largest absolute Gasteiger partial charge is 0.497 e. The van der Waals surface area contributed by atoms with Crippen LogP contribution in [0.15, 0.2) is 24.3 Å². The Morgan fingerprint density at radius 1 is 1.22 bits per heavy atom. The number of rotatable bonds is 5. The molecule has 1 unspecified atom stereocenters. The van der Waals surface area contributed by atoms with Crippen molar-refractivity contribution >= 4 is 29.0 Å². The zero-order valence-electron chi connectivity index (χ0n) is 12.9. The fraction of sp³-hybridized carbons (Fsp3) is 0.357. The molecule has 2 amide bonds. The van der Waals surface area contributed by atoms with Gasteiger partial charge in [-0.05, 0) is 36.2 Å². The third-order valence-electron chi connectivity index (χ3n) is 2.79. The van der Waals surface area contributed by atoms with Crippen LogP contribution in [0.2, 0.25) is 0 Å². The molecule has 0 saturated carbocycles. The summed E-state index contributed by atoms with van der Waals surface area (Å²) in [5.41, 5.74) is 2.46. The lowest BCUT2D eigenvalue weighted by atomic mass is 10.1. The molecule has 0 saturated heterocycles. The third kappa shape index (κ3) is 5.03. The molecule has 1 N–H and O–H groups in total. The number of nitrogens with zero attached hydrogens (tertiary/aromatic N) is 1. The van der Waals surface area contributed by atoms with E-state index in [4.69, 9.17) is 21.1 Å². The number of hydrogen-bond donors (Lipinski definition) is 1. The molecule has 9 heteroatoms. The second kappa shape index (κ2) is 8.84. The zero-order valence-corrected chi connectivity index (χ0v) is 13.6. The summed E-state index contributed by atoms with van der Waals surface area (Å²) in [7, 11) is 2.60. The van der Waals surface area contributed by atoms with E-state index in [0.29, 0.717) is 16.3 Å². The molecule has 0 aliphatic heterocycles. The number of hydrogen-bond acceptors (Lipinski definition) is 6. The molecule has 1 aromatic rings. The molecule has 0 spiro atoms. The van der Waals surface area contributed by atoms with Gasteiger partial charge in [0.25, 0.3) is 0 Å². The maximum Gasteiger partial charge on any atom is 0.425 e. The Labute approximate surface area is 138 Å². The van der Waals surface area contributed by atoms with Gasteiger partial charge in [0.1, 0.15) is 5.75 Å². The first-order valence-corrected chi connectivity index (χ1v) is 6.96. The summed E-state index contributed by atoms with van der Waals surface area (Å²) in [5, 5.41) is -0.447. The number of benzene rings is 1. The molecule has 0 bridgehead atoms. The number of nitrogens with one attached hydrogen (secondary N) is 1. The van der Waals surface area contributed by atoms with Crippen molar-refractivity contribution in [2.24, 2.45) is 0 Å². The highest BCUT2D eigenvalue weighted by Crippen LogP contribution is 2.24. The lowest BCUT2D eigenvalue weighted by Gasteiger charge is -2.28. The summed E-state index contributed by atoms with van der Waals surface area (Å²) < 4.78 is 14.4. The molecule has 23 heavy (non-hydrogen) atoms. The van der Waals surface area contributed by atoms with Crippen molar-refractivity contribution in [1.29, 1.82) is 0 Å². The van der Waals surface area contributed by atoms with Crippen LogP contribution >= 0.6 is 11.6 Å². The smallest absolute Gasteiger partial charge is 0.425 e. The predicted octanol–water partition coefficient (Wildman–Crippen LogP) is 2.23. The van der Waals surface area contributed by atoms with Crippen LogP contribution < -0.4 is 10.2 Å². The Bertz CT molecular complexity index is 563. The molecule has 0 aliphatic rings. The van der Waals surface area contributed by atoms with E-state index in [2.05, 4.69) is 10.2 Å².